The summed E-state index contributed by atoms with van der Waals surface area (Å²) in [5.41, 5.74) is 6.44. The van der Waals surface area contributed by atoms with Gasteiger partial charge in [-0.1, -0.05) is 49.5 Å². The first kappa shape index (κ1) is 14.7. The number of nitrogens with zero attached hydrogens (tertiary/aromatic N) is 1. The lowest BCUT2D eigenvalue weighted by molar-refractivity contribution is -0.141. The van der Waals surface area contributed by atoms with Crippen LogP contribution in [0.2, 0.25) is 0 Å². The van der Waals surface area contributed by atoms with Gasteiger partial charge in [-0.2, -0.15) is 0 Å². The third-order valence-corrected chi connectivity index (χ3v) is 3.82. The van der Waals surface area contributed by atoms with Gasteiger partial charge in [-0.15, -0.1) is 0 Å². The van der Waals surface area contributed by atoms with Gasteiger partial charge in [0.1, 0.15) is 0 Å². The van der Waals surface area contributed by atoms with Crippen molar-refractivity contribution < 1.29 is 9.59 Å². The molecule has 1 aliphatic rings. The number of thiocarbonyl (C=S) groups is 1. The highest BCUT2D eigenvalue weighted by Crippen LogP contribution is 2.32. The highest BCUT2D eigenvalue weighted by molar-refractivity contribution is 7.80. The Balaban J connectivity index is 2.22. The summed E-state index contributed by atoms with van der Waals surface area (Å²) in [7, 11) is 0. The van der Waals surface area contributed by atoms with Crippen LogP contribution < -0.4 is 5.73 Å². The fourth-order valence-corrected chi connectivity index (χ4v) is 2.82. The molecule has 0 spiro atoms. The standard InChI is InChI=1S/C15H18N2O2S/c1-2-11(8-13(16)20)17-14(18)9-12(15(17)19)10-6-4-3-5-7-10/h3-7,11-12H,2,8-9H2,1H3,(H2,16,20). The summed E-state index contributed by atoms with van der Waals surface area (Å²) in [6, 6.07) is 9.19. The molecule has 1 aromatic carbocycles. The van der Waals surface area contributed by atoms with Crippen LogP contribution in [0.25, 0.3) is 0 Å². The van der Waals surface area contributed by atoms with Gasteiger partial charge in [0.05, 0.1) is 10.9 Å². The van der Waals surface area contributed by atoms with E-state index in [1.54, 1.807) is 0 Å². The third-order valence-electron chi connectivity index (χ3n) is 3.66. The molecule has 0 saturated carbocycles. The highest BCUT2D eigenvalue weighted by atomic mass is 32.1. The summed E-state index contributed by atoms with van der Waals surface area (Å²) in [4.78, 5) is 26.4. The second-order valence-electron chi connectivity index (χ2n) is 5.00. The number of benzene rings is 1. The van der Waals surface area contributed by atoms with Crippen LogP contribution in [-0.2, 0) is 9.59 Å². The van der Waals surface area contributed by atoms with Crippen LogP contribution in [0.5, 0.6) is 0 Å². The quantitative estimate of drug-likeness (QED) is 0.665. The number of nitrogens with two attached hydrogens (primary N) is 1. The average Bonchev–Trinajstić information content (AvgIpc) is 2.72. The fraction of sp³-hybridized carbons (Fsp3) is 0.400. The molecule has 1 saturated heterocycles. The first-order valence-electron chi connectivity index (χ1n) is 6.73. The summed E-state index contributed by atoms with van der Waals surface area (Å²) in [6.45, 7) is 1.93. The van der Waals surface area contributed by atoms with E-state index >= 15 is 0 Å². The van der Waals surface area contributed by atoms with E-state index in [1.165, 1.54) is 4.90 Å². The number of rotatable bonds is 5. The van der Waals surface area contributed by atoms with Crippen LogP contribution in [0, 0.1) is 0 Å². The minimum Gasteiger partial charge on any atom is -0.393 e. The maximum atomic E-state index is 12.5. The summed E-state index contributed by atoms with van der Waals surface area (Å²) < 4.78 is 0. The molecule has 2 N–H and O–H groups in total. The van der Waals surface area contributed by atoms with E-state index in [0.717, 1.165) is 5.56 Å². The van der Waals surface area contributed by atoms with Crippen LogP contribution in [-0.4, -0.2) is 27.7 Å². The molecular weight excluding hydrogens is 272 g/mol. The van der Waals surface area contributed by atoms with Gasteiger partial charge in [0.2, 0.25) is 11.8 Å². The van der Waals surface area contributed by atoms with Gasteiger partial charge in [-0.05, 0) is 12.0 Å². The summed E-state index contributed by atoms with van der Waals surface area (Å²) in [5, 5.41) is 0. The van der Waals surface area contributed by atoms with Gasteiger partial charge in [0, 0.05) is 18.9 Å². The van der Waals surface area contributed by atoms with E-state index in [9.17, 15) is 9.59 Å². The molecule has 106 valence electrons. The zero-order chi connectivity index (χ0) is 14.7. The maximum absolute atomic E-state index is 12.5. The molecule has 1 heterocycles. The molecule has 1 fully saturated rings. The summed E-state index contributed by atoms with van der Waals surface area (Å²) >= 11 is 4.90. The predicted molar refractivity (Wildman–Crippen MR) is 81.1 cm³/mol. The van der Waals surface area contributed by atoms with Crippen LogP contribution in [0.3, 0.4) is 0 Å². The lowest BCUT2D eigenvalue weighted by Crippen LogP contribution is -2.41. The van der Waals surface area contributed by atoms with Crippen molar-refractivity contribution in [3.63, 3.8) is 0 Å². The molecular formula is C15H18N2O2S. The number of carbonyl (C=O) groups excluding carboxylic acids is 2. The van der Waals surface area contributed by atoms with E-state index in [2.05, 4.69) is 0 Å². The fourth-order valence-electron chi connectivity index (χ4n) is 2.63. The number of hydrogen-bond donors (Lipinski definition) is 1. The van der Waals surface area contributed by atoms with Crippen LogP contribution in [0.15, 0.2) is 30.3 Å². The van der Waals surface area contributed by atoms with Crippen molar-refractivity contribution in [1.29, 1.82) is 0 Å². The minimum atomic E-state index is -0.371. The van der Waals surface area contributed by atoms with Crippen molar-refractivity contribution in [3.8, 4) is 0 Å². The molecule has 0 aliphatic carbocycles. The average molecular weight is 290 g/mol. The normalized spacial score (nSPS) is 20.2. The van der Waals surface area contributed by atoms with Crippen molar-refractivity contribution >= 4 is 29.0 Å². The monoisotopic (exact) mass is 290 g/mol. The SMILES string of the molecule is CCC(CC(N)=S)N1C(=O)CC(c2ccccc2)C1=O. The Labute approximate surface area is 123 Å². The molecule has 2 atom stereocenters. The Morgan fingerprint density at radius 2 is 2.05 bits per heavy atom. The molecule has 20 heavy (non-hydrogen) atoms. The Morgan fingerprint density at radius 1 is 1.40 bits per heavy atom. The lowest BCUT2D eigenvalue weighted by Gasteiger charge is -2.25. The second-order valence-corrected chi connectivity index (χ2v) is 5.53. The Kier molecular flexibility index (Phi) is 4.49. The van der Waals surface area contributed by atoms with Gasteiger partial charge in [0.25, 0.3) is 0 Å². The first-order valence-corrected chi connectivity index (χ1v) is 7.14. The lowest BCUT2D eigenvalue weighted by atomic mass is 9.98. The molecule has 1 aromatic rings. The molecule has 0 aromatic heterocycles. The van der Waals surface area contributed by atoms with Crippen molar-refractivity contribution in [1.82, 2.24) is 4.90 Å². The topological polar surface area (TPSA) is 63.4 Å². The molecule has 4 nitrogen and oxygen atoms in total. The van der Waals surface area contributed by atoms with E-state index in [0.29, 0.717) is 17.8 Å². The molecule has 1 aliphatic heterocycles. The van der Waals surface area contributed by atoms with E-state index < -0.39 is 0 Å². The second kappa shape index (κ2) is 6.13. The zero-order valence-electron chi connectivity index (χ0n) is 11.4. The molecule has 2 amide bonds. The van der Waals surface area contributed by atoms with Gasteiger partial charge in [-0.3, -0.25) is 14.5 Å². The van der Waals surface area contributed by atoms with E-state index in [4.69, 9.17) is 18.0 Å². The Bertz CT molecular complexity index is 530. The Hall–Kier alpha value is -1.75. The molecule has 2 unspecified atom stereocenters. The van der Waals surface area contributed by atoms with Crippen molar-refractivity contribution in [3.05, 3.63) is 35.9 Å². The zero-order valence-corrected chi connectivity index (χ0v) is 12.2. The molecule has 2 rings (SSSR count). The number of likely N-dealkylation sites (tertiary alicyclic amines) is 1. The number of amides is 2. The van der Waals surface area contributed by atoms with E-state index in [1.807, 2.05) is 37.3 Å². The maximum Gasteiger partial charge on any atom is 0.237 e. The third kappa shape index (κ3) is 2.88. The largest absolute Gasteiger partial charge is 0.393 e. The van der Waals surface area contributed by atoms with Crippen molar-refractivity contribution in [2.45, 2.75) is 38.1 Å². The van der Waals surface area contributed by atoms with Crippen LogP contribution in [0.4, 0.5) is 0 Å². The van der Waals surface area contributed by atoms with E-state index in [-0.39, 0.29) is 30.2 Å². The van der Waals surface area contributed by atoms with Crippen LogP contribution in [0.1, 0.15) is 37.7 Å². The molecule has 0 radical (unpaired) electrons. The molecule has 5 heteroatoms. The van der Waals surface area contributed by atoms with Gasteiger partial charge in [0.15, 0.2) is 0 Å². The van der Waals surface area contributed by atoms with Crippen molar-refractivity contribution in [2.75, 3.05) is 0 Å². The summed E-state index contributed by atoms with van der Waals surface area (Å²) in [5.74, 6) is -0.639. The van der Waals surface area contributed by atoms with Crippen LogP contribution >= 0.6 is 12.2 Å². The van der Waals surface area contributed by atoms with Crippen molar-refractivity contribution in [2.24, 2.45) is 5.73 Å². The van der Waals surface area contributed by atoms with Gasteiger partial charge >= 0.3 is 0 Å². The first-order chi connectivity index (χ1) is 9.54. The van der Waals surface area contributed by atoms with Gasteiger partial charge < -0.3 is 5.73 Å². The summed E-state index contributed by atoms with van der Waals surface area (Å²) in [6.07, 6.45) is 1.29. The number of carbonyl (C=O) groups is 2. The van der Waals surface area contributed by atoms with Gasteiger partial charge in [-0.25, -0.2) is 0 Å². The molecule has 0 bridgehead atoms. The predicted octanol–water partition coefficient (Wildman–Crippen LogP) is 1.98. The highest BCUT2D eigenvalue weighted by Gasteiger charge is 2.42. The Morgan fingerprint density at radius 3 is 2.60 bits per heavy atom. The smallest absolute Gasteiger partial charge is 0.237 e. The number of imide groups is 1. The number of hydrogen-bond acceptors (Lipinski definition) is 3. The minimum absolute atomic E-state index is 0.132.